The van der Waals surface area contributed by atoms with E-state index < -0.39 is 0 Å². The van der Waals surface area contributed by atoms with Crippen LogP contribution in [0.4, 0.5) is 0 Å². The van der Waals surface area contributed by atoms with E-state index in [-0.39, 0.29) is 0 Å². The molecule has 1 rings (SSSR count). The minimum Gasteiger partial charge on any atom is -0.491 e. The Hall–Kier alpha value is -0.440. The monoisotopic (exact) mass is 247 g/mol. The average Bonchev–Trinajstić information content (AvgIpc) is 2.21. The molecule has 0 heterocycles. The van der Waals surface area contributed by atoms with Gasteiger partial charge in [0.25, 0.3) is 0 Å². The molecule has 0 aliphatic carbocycles. The van der Waals surface area contributed by atoms with Gasteiger partial charge in [0, 0.05) is 11.6 Å². The number of nitrogens with zero attached hydrogens (tertiary/aromatic N) is 1. The highest BCUT2D eigenvalue weighted by atomic mass is 35.5. The third-order valence-electron chi connectivity index (χ3n) is 2.16. The van der Waals surface area contributed by atoms with Crippen LogP contribution in [0, 0.1) is 0 Å². The van der Waals surface area contributed by atoms with Crippen LogP contribution in [0.5, 0.6) is 5.75 Å². The number of benzene rings is 1. The van der Waals surface area contributed by atoms with Crippen LogP contribution < -0.4 is 4.74 Å². The second-order valence-electron chi connectivity index (χ2n) is 3.32. The minimum atomic E-state index is 0.557. The quantitative estimate of drug-likeness (QED) is 0.792. The van der Waals surface area contributed by atoms with Crippen LogP contribution in [-0.2, 0) is 0 Å². The molecular formula is C11H15Cl2NO. The third-order valence-corrected chi connectivity index (χ3v) is 2.69. The largest absolute Gasteiger partial charge is 0.491 e. The van der Waals surface area contributed by atoms with E-state index in [0.29, 0.717) is 22.4 Å². The number of ether oxygens (including phenoxy) is 1. The lowest BCUT2D eigenvalue weighted by Crippen LogP contribution is -2.23. The average molecular weight is 248 g/mol. The zero-order valence-electron chi connectivity index (χ0n) is 8.96. The molecule has 0 bridgehead atoms. The van der Waals surface area contributed by atoms with Gasteiger partial charge >= 0.3 is 0 Å². The first-order chi connectivity index (χ1) is 7.13. The lowest BCUT2D eigenvalue weighted by Gasteiger charge is -2.14. The van der Waals surface area contributed by atoms with Crippen LogP contribution in [0.2, 0.25) is 10.0 Å². The predicted octanol–water partition coefficient (Wildman–Crippen LogP) is 3.32. The maximum atomic E-state index is 5.96. The van der Waals surface area contributed by atoms with E-state index in [0.717, 1.165) is 13.1 Å². The number of hydrogen-bond acceptors (Lipinski definition) is 2. The summed E-state index contributed by atoms with van der Waals surface area (Å²) in [5, 5.41) is 1.18. The first-order valence-electron chi connectivity index (χ1n) is 4.90. The van der Waals surface area contributed by atoms with Gasteiger partial charge in [0.2, 0.25) is 0 Å². The molecule has 0 aromatic heterocycles. The van der Waals surface area contributed by atoms with Crippen LogP contribution in [-0.4, -0.2) is 31.6 Å². The third kappa shape index (κ3) is 4.29. The molecular weight excluding hydrogens is 233 g/mol. The number of halogens is 2. The fourth-order valence-corrected chi connectivity index (χ4v) is 1.52. The van der Waals surface area contributed by atoms with Gasteiger partial charge in [-0.1, -0.05) is 30.1 Å². The van der Waals surface area contributed by atoms with Gasteiger partial charge < -0.3 is 9.64 Å². The van der Waals surface area contributed by atoms with E-state index in [9.17, 15) is 0 Å². The molecule has 1 aromatic rings. The molecule has 0 N–H and O–H groups in total. The van der Waals surface area contributed by atoms with Gasteiger partial charge in [-0.3, -0.25) is 0 Å². The number of rotatable bonds is 5. The summed E-state index contributed by atoms with van der Waals surface area (Å²) >= 11 is 11.7. The molecule has 2 nitrogen and oxygen atoms in total. The van der Waals surface area contributed by atoms with Crippen molar-refractivity contribution < 1.29 is 4.74 Å². The summed E-state index contributed by atoms with van der Waals surface area (Å²) < 4.78 is 5.53. The first kappa shape index (κ1) is 12.6. The molecule has 15 heavy (non-hydrogen) atoms. The summed E-state index contributed by atoms with van der Waals surface area (Å²) in [6.45, 7) is 4.63. The highest BCUT2D eigenvalue weighted by molar-refractivity contribution is 6.35. The Morgan fingerprint density at radius 1 is 1.33 bits per heavy atom. The molecule has 0 radical (unpaired) electrons. The molecule has 0 aliphatic heterocycles. The van der Waals surface area contributed by atoms with Crippen molar-refractivity contribution in [1.82, 2.24) is 4.90 Å². The normalized spacial score (nSPS) is 10.7. The van der Waals surface area contributed by atoms with Gasteiger partial charge in [-0.15, -0.1) is 0 Å². The van der Waals surface area contributed by atoms with E-state index in [2.05, 4.69) is 11.8 Å². The van der Waals surface area contributed by atoms with Crippen LogP contribution in [0.1, 0.15) is 6.92 Å². The lowest BCUT2D eigenvalue weighted by molar-refractivity contribution is 0.244. The van der Waals surface area contributed by atoms with Crippen molar-refractivity contribution in [2.24, 2.45) is 0 Å². The molecule has 4 heteroatoms. The van der Waals surface area contributed by atoms with Gasteiger partial charge in [0.05, 0.1) is 5.02 Å². The zero-order valence-corrected chi connectivity index (χ0v) is 10.5. The van der Waals surface area contributed by atoms with E-state index in [1.165, 1.54) is 0 Å². The molecule has 0 aliphatic rings. The van der Waals surface area contributed by atoms with Gasteiger partial charge in [-0.25, -0.2) is 0 Å². The summed E-state index contributed by atoms with van der Waals surface area (Å²) in [4.78, 5) is 2.17. The molecule has 0 amide bonds. The SMILES string of the molecule is CCN(C)CCOc1ccc(Cl)cc1Cl. The highest BCUT2D eigenvalue weighted by Crippen LogP contribution is 2.27. The predicted molar refractivity (Wildman–Crippen MR) is 65.1 cm³/mol. The van der Waals surface area contributed by atoms with Crippen LogP contribution in [0.3, 0.4) is 0 Å². The van der Waals surface area contributed by atoms with Crippen molar-refractivity contribution in [2.75, 3.05) is 26.7 Å². The molecule has 0 saturated carbocycles. The Morgan fingerprint density at radius 3 is 2.67 bits per heavy atom. The van der Waals surface area contributed by atoms with E-state index >= 15 is 0 Å². The maximum Gasteiger partial charge on any atom is 0.138 e. The van der Waals surface area contributed by atoms with Crippen molar-refractivity contribution >= 4 is 23.2 Å². The molecule has 0 unspecified atom stereocenters. The fraction of sp³-hybridized carbons (Fsp3) is 0.455. The smallest absolute Gasteiger partial charge is 0.138 e. The second-order valence-corrected chi connectivity index (χ2v) is 4.16. The van der Waals surface area contributed by atoms with Crippen LogP contribution >= 0.6 is 23.2 Å². The van der Waals surface area contributed by atoms with Gasteiger partial charge in [0.1, 0.15) is 12.4 Å². The van der Waals surface area contributed by atoms with Crippen molar-refractivity contribution in [2.45, 2.75) is 6.92 Å². The summed E-state index contributed by atoms with van der Waals surface area (Å²) in [7, 11) is 2.05. The number of hydrogen-bond donors (Lipinski definition) is 0. The molecule has 0 spiro atoms. The zero-order chi connectivity index (χ0) is 11.3. The molecule has 84 valence electrons. The fourth-order valence-electron chi connectivity index (χ4n) is 1.06. The Bertz CT molecular complexity index is 317. The topological polar surface area (TPSA) is 12.5 Å². The molecule has 1 aromatic carbocycles. The highest BCUT2D eigenvalue weighted by Gasteiger charge is 2.02. The lowest BCUT2D eigenvalue weighted by atomic mass is 10.3. The molecule has 0 fully saturated rings. The van der Waals surface area contributed by atoms with Crippen LogP contribution in [0.15, 0.2) is 18.2 Å². The maximum absolute atomic E-state index is 5.96. The summed E-state index contributed by atoms with van der Waals surface area (Å²) in [5.41, 5.74) is 0. The molecule has 0 saturated heterocycles. The van der Waals surface area contributed by atoms with Crippen molar-refractivity contribution in [3.05, 3.63) is 28.2 Å². The summed E-state index contributed by atoms with van der Waals surface area (Å²) in [5.74, 6) is 0.686. The first-order valence-corrected chi connectivity index (χ1v) is 5.65. The van der Waals surface area contributed by atoms with E-state index in [1.54, 1.807) is 18.2 Å². The standard InChI is InChI=1S/C11H15Cl2NO/c1-3-14(2)6-7-15-11-5-4-9(12)8-10(11)13/h4-5,8H,3,6-7H2,1-2H3. The van der Waals surface area contributed by atoms with Crippen molar-refractivity contribution in [1.29, 1.82) is 0 Å². The van der Waals surface area contributed by atoms with Gasteiger partial charge in [-0.05, 0) is 31.8 Å². The van der Waals surface area contributed by atoms with Crippen molar-refractivity contribution in [3.63, 3.8) is 0 Å². The van der Waals surface area contributed by atoms with Gasteiger partial charge in [0.15, 0.2) is 0 Å². The Kier molecular flexibility index (Phi) is 5.23. The number of likely N-dealkylation sites (N-methyl/N-ethyl adjacent to an activating group) is 1. The Balaban J connectivity index is 2.44. The summed E-state index contributed by atoms with van der Waals surface area (Å²) in [6.07, 6.45) is 0. The Morgan fingerprint density at radius 2 is 2.07 bits per heavy atom. The van der Waals surface area contributed by atoms with Crippen molar-refractivity contribution in [3.8, 4) is 5.75 Å². The summed E-state index contributed by atoms with van der Waals surface area (Å²) in [6, 6.07) is 5.24. The second kappa shape index (κ2) is 6.21. The Labute approximate surface area is 101 Å². The van der Waals surface area contributed by atoms with E-state index in [1.807, 2.05) is 7.05 Å². The van der Waals surface area contributed by atoms with E-state index in [4.69, 9.17) is 27.9 Å². The minimum absolute atomic E-state index is 0.557. The van der Waals surface area contributed by atoms with Gasteiger partial charge in [-0.2, -0.15) is 0 Å². The molecule has 0 atom stereocenters. The van der Waals surface area contributed by atoms with Crippen LogP contribution in [0.25, 0.3) is 0 Å².